The molecule has 1 saturated carbocycles. The second-order valence-corrected chi connectivity index (χ2v) is 7.86. The summed E-state index contributed by atoms with van der Waals surface area (Å²) >= 11 is 0. The van der Waals surface area contributed by atoms with E-state index in [9.17, 15) is 4.79 Å². The van der Waals surface area contributed by atoms with E-state index in [-0.39, 0.29) is 17.2 Å². The van der Waals surface area contributed by atoms with E-state index in [1.54, 1.807) is 0 Å². The Kier molecular flexibility index (Phi) is 4.76. The lowest BCUT2D eigenvalue weighted by molar-refractivity contribution is -0.122. The zero-order valence-electron chi connectivity index (χ0n) is 15.4. The van der Waals surface area contributed by atoms with Crippen molar-refractivity contribution >= 4 is 11.6 Å². The molecule has 0 heterocycles. The number of hydrazone groups is 1. The van der Waals surface area contributed by atoms with Crippen molar-refractivity contribution in [2.24, 2.45) is 11.0 Å². The molecule has 1 N–H and O–H groups in total. The van der Waals surface area contributed by atoms with Crippen molar-refractivity contribution in [2.45, 2.75) is 45.4 Å². The predicted molar refractivity (Wildman–Crippen MR) is 103 cm³/mol. The van der Waals surface area contributed by atoms with Gasteiger partial charge in [0.2, 0.25) is 5.91 Å². The third-order valence-electron chi connectivity index (χ3n) is 4.86. The average Bonchev–Trinajstić information content (AvgIpc) is 3.40. The fourth-order valence-corrected chi connectivity index (χ4v) is 3.05. The van der Waals surface area contributed by atoms with Crippen molar-refractivity contribution in [3.63, 3.8) is 0 Å². The molecule has 0 bridgehead atoms. The molecule has 2 aromatic carbocycles. The van der Waals surface area contributed by atoms with Crippen LogP contribution >= 0.6 is 0 Å². The van der Waals surface area contributed by atoms with Crippen LogP contribution in [0.25, 0.3) is 0 Å². The van der Waals surface area contributed by atoms with Crippen molar-refractivity contribution in [2.75, 3.05) is 0 Å². The van der Waals surface area contributed by atoms with Crippen LogP contribution in [0.5, 0.6) is 0 Å². The number of benzene rings is 2. The summed E-state index contributed by atoms with van der Waals surface area (Å²) in [5, 5.41) is 4.25. The van der Waals surface area contributed by atoms with Gasteiger partial charge >= 0.3 is 0 Å². The predicted octanol–water partition coefficient (Wildman–Crippen LogP) is 4.63. The van der Waals surface area contributed by atoms with Crippen molar-refractivity contribution < 1.29 is 4.79 Å². The first-order chi connectivity index (χ1) is 11.9. The molecule has 3 nitrogen and oxygen atoms in total. The number of rotatable bonds is 4. The largest absolute Gasteiger partial charge is 0.273 e. The van der Waals surface area contributed by atoms with Crippen LogP contribution in [0.3, 0.4) is 0 Å². The number of carbonyl (C=O) groups excluding carboxylic acids is 1. The molecule has 1 amide bonds. The SMILES string of the molecule is C/C(=N\NC(=O)[C@H]1C[C@@H]1c1ccc(C(C)(C)C)cc1)c1ccccc1. The summed E-state index contributed by atoms with van der Waals surface area (Å²) in [7, 11) is 0. The number of hydrogen-bond donors (Lipinski definition) is 1. The van der Waals surface area contributed by atoms with E-state index in [1.807, 2.05) is 37.3 Å². The maximum Gasteiger partial charge on any atom is 0.243 e. The second kappa shape index (κ2) is 6.83. The summed E-state index contributed by atoms with van der Waals surface area (Å²) in [5.74, 6) is 0.370. The Hall–Kier alpha value is -2.42. The van der Waals surface area contributed by atoms with Gasteiger partial charge in [-0.25, -0.2) is 5.43 Å². The van der Waals surface area contributed by atoms with Gasteiger partial charge in [0.1, 0.15) is 0 Å². The minimum Gasteiger partial charge on any atom is -0.273 e. The van der Waals surface area contributed by atoms with Gasteiger partial charge in [0.15, 0.2) is 0 Å². The fraction of sp³-hybridized carbons (Fsp3) is 0.364. The van der Waals surface area contributed by atoms with Crippen LogP contribution in [0.1, 0.15) is 56.7 Å². The van der Waals surface area contributed by atoms with E-state index in [1.165, 1.54) is 11.1 Å². The Morgan fingerprint density at radius 1 is 1.04 bits per heavy atom. The Balaban J connectivity index is 1.59. The molecule has 0 aromatic heterocycles. The minimum absolute atomic E-state index is 0.0141. The highest BCUT2D eigenvalue weighted by Gasteiger charge is 2.44. The lowest BCUT2D eigenvalue weighted by Crippen LogP contribution is -2.21. The molecule has 2 aromatic rings. The van der Waals surface area contributed by atoms with E-state index in [0.29, 0.717) is 5.92 Å². The number of hydrogen-bond acceptors (Lipinski definition) is 2. The lowest BCUT2D eigenvalue weighted by atomic mass is 9.86. The number of nitrogens with zero attached hydrogens (tertiary/aromatic N) is 1. The van der Waals surface area contributed by atoms with Crippen LogP contribution in [0.15, 0.2) is 59.7 Å². The maximum atomic E-state index is 12.3. The van der Waals surface area contributed by atoms with Crippen molar-refractivity contribution in [3.05, 3.63) is 71.3 Å². The summed E-state index contributed by atoms with van der Waals surface area (Å²) in [5.41, 5.74) is 7.29. The molecule has 1 fully saturated rings. The van der Waals surface area contributed by atoms with Crippen molar-refractivity contribution in [1.82, 2.24) is 5.43 Å². The van der Waals surface area contributed by atoms with Gasteiger partial charge in [-0.1, -0.05) is 75.4 Å². The number of carbonyl (C=O) groups is 1. The quantitative estimate of drug-likeness (QED) is 0.643. The summed E-state index contributed by atoms with van der Waals surface area (Å²) in [4.78, 5) is 12.3. The molecular weight excluding hydrogens is 308 g/mol. The molecule has 0 unspecified atom stereocenters. The lowest BCUT2D eigenvalue weighted by Gasteiger charge is -2.19. The average molecular weight is 334 g/mol. The Bertz CT molecular complexity index is 770. The van der Waals surface area contributed by atoms with Crippen LogP contribution in [-0.2, 0) is 10.2 Å². The zero-order valence-corrected chi connectivity index (χ0v) is 15.4. The first-order valence-corrected chi connectivity index (χ1v) is 8.86. The number of nitrogens with one attached hydrogen (secondary N) is 1. The van der Waals surface area contributed by atoms with E-state index in [0.717, 1.165) is 17.7 Å². The van der Waals surface area contributed by atoms with Crippen LogP contribution in [0.2, 0.25) is 0 Å². The van der Waals surface area contributed by atoms with Crippen molar-refractivity contribution in [3.8, 4) is 0 Å². The summed E-state index contributed by atoms with van der Waals surface area (Å²) in [6.45, 7) is 8.54. The first kappa shape index (κ1) is 17.4. The van der Waals surface area contributed by atoms with Gasteiger partial charge in [-0.15, -0.1) is 0 Å². The summed E-state index contributed by atoms with van der Waals surface area (Å²) in [6, 6.07) is 18.6. The highest BCUT2D eigenvalue weighted by molar-refractivity contribution is 5.99. The highest BCUT2D eigenvalue weighted by atomic mass is 16.2. The molecule has 0 radical (unpaired) electrons. The molecule has 0 saturated heterocycles. The van der Waals surface area contributed by atoms with Gasteiger partial charge in [-0.05, 0) is 41.4 Å². The zero-order chi connectivity index (χ0) is 18.0. The molecule has 1 aliphatic rings. The normalized spacial score (nSPS) is 20.2. The van der Waals surface area contributed by atoms with E-state index >= 15 is 0 Å². The van der Waals surface area contributed by atoms with Crippen LogP contribution in [0, 0.1) is 5.92 Å². The highest BCUT2D eigenvalue weighted by Crippen LogP contribution is 2.47. The molecule has 0 aliphatic heterocycles. The van der Waals surface area contributed by atoms with Crippen LogP contribution < -0.4 is 5.43 Å². The molecule has 3 heteroatoms. The van der Waals surface area contributed by atoms with Gasteiger partial charge in [-0.3, -0.25) is 4.79 Å². The molecule has 1 aliphatic carbocycles. The molecule has 3 rings (SSSR count). The van der Waals surface area contributed by atoms with Crippen molar-refractivity contribution in [1.29, 1.82) is 0 Å². The summed E-state index contributed by atoms with van der Waals surface area (Å²) < 4.78 is 0. The third kappa shape index (κ3) is 4.16. The van der Waals surface area contributed by atoms with E-state index in [4.69, 9.17) is 0 Å². The third-order valence-corrected chi connectivity index (χ3v) is 4.86. The second-order valence-electron chi connectivity index (χ2n) is 7.86. The number of amides is 1. The van der Waals surface area contributed by atoms with Gasteiger partial charge in [-0.2, -0.15) is 5.10 Å². The van der Waals surface area contributed by atoms with Gasteiger partial charge in [0.05, 0.1) is 5.71 Å². The van der Waals surface area contributed by atoms with Gasteiger partial charge < -0.3 is 0 Å². The molecule has 2 atom stereocenters. The molecule has 0 spiro atoms. The monoisotopic (exact) mass is 334 g/mol. The van der Waals surface area contributed by atoms with E-state index in [2.05, 4.69) is 55.6 Å². The van der Waals surface area contributed by atoms with Crippen LogP contribution in [0.4, 0.5) is 0 Å². The fourth-order valence-electron chi connectivity index (χ4n) is 3.05. The Morgan fingerprint density at radius 3 is 2.28 bits per heavy atom. The smallest absolute Gasteiger partial charge is 0.243 e. The molecular formula is C22H26N2O. The Labute approximate surface area is 150 Å². The Morgan fingerprint density at radius 2 is 1.68 bits per heavy atom. The molecule has 25 heavy (non-hydrogen) atoms. The van der Waals surface area contributed by atoms with Gasteiger partial charge in [0.25, 0.3) is 0 Å². The maximum absolute atomic E-state index is 12.3. The first-order valence-electron chi connectivity index (χ1n) is 8.86. The summed E-state index contributed by atoms with van der Waals surface area (Å²) in [6.07, 6.45) is 0.903. The minimum atomic E-state index is 0.0141. The van der Waals surface area contributed by atoms with Crippen LogP contribution in [-0.4, -0.2) is 11.6 Å². The topological polar surface area (TPSA) is 41.5 Å². The molecule has 130 valence electrons. The standard InChI is InChI=1S/C22H26N2O/c1-15(16-8-6-5-7-9-16)23-24-21(25)20-14-19(20)17-10-12-18(13-11-17)22(2,3)4/h5-13,19-20H,14H2,1-4H3,(H,24,25)/b23-15+/t19-,20+/m1/s1. The van der Waals surface area contributed by atoms with Gasteiger partial charge in [0, 0.05) is 5.92 Å². The van der Waals surface area contributed by atoms with E-state index < -0.39 is 0 Å².